The second kappa shape index (κ2) is 8.30. The third kappa shape index (κ3) is 3.93. The number of hydrogen-bond acceptors (Lipinski definition) is 6. The van der Waals surface area contributed by atoms with Gasteiger partial charge in [0.15, 0.2) is 5.92 Å². The van der Waals surface area contributed by atoms with Crippen LogP contribution >= 0.6 is 22.6 Å². The summed E-state index contributed by atoms with van der Waals surface area (Å²) >= 11 is 2.10. The number of benzene rings is 2. The molecule has 0 unspecified atom stereocenters. The molecule has 9 heteroatoms. The van der Waals surface area contributed by atoms with Crippen molar-refractivity contribution in [2.75, 3.05) is 12.0 Å². The Kier molecular flexibility index (Phi) is 5.83. The molecule has 1 aliphatic rings. The fourth-order valence-electron chi connectivity index (χ4n) is 2.58. The van der Waals surface area contributed by atoms with Crippen molar-refractivity contribution in [1.82, 2.24) is 5.32 Å². The average Bonchev–Trinajstić information content (AvgIpc) is 2.68. The molecule has 0 radical (unpaired) electrons. The van der Waals surface area contributed by atoms with E-state index in [0.717, 1.165) is 14.7 Å². The predicted octanol–water partition coefficient (Wildman–Crippen LogP) is 2.68. The predicted molar refractivity (Wildman–Crippen MR) is 110 cm³/mol. The van der Waals surface area contributed by atoms with Crippen LogP contribution in [0.3, 0.4) is 0 Å². The summed E-state index contributed by atoms with van der Waals surface area (Å²) < 4.78 is 5.63. The zero-order valence-electron chi connectivity index (χ0n) is 14.6. The molecule has 1 aliphatic heterocycles. The van der Waals surface area contributed by atoms with Crippen molar-refractivity contribution < 1.29 is 23.9 Å². The highest BCUT2D eigenvalue weighted by Gasteiger charge is 2.40. The van der Waals surface area contributed by atoms with Crippen molar-refractivity contribution in [2.24, 2.45) is 10.9 Å². The number of anilines is 1. The Bertz CT molecular complexity index is 987. The number of urea groups is 1. The summed E-state index contributed by atoms with van der Waals surface area (Å²) in [6.45, 7) is 0. The van der Waals surface area contributed by atoms with Crippen LogP contribution in [0, 0.1) is 9.49 Å². The third-order valence-corrected chi connectivity index (χ3v) is 4.68. The van der Waals surface area contributed by atoms with Crippen LogP contribution in [-0.4, -0.2) is 37.1 Å². The standard InChI is InChI=1S/C19H14IN3O5/c1-28-18(26)13-4-2-3-5-15(13)21-10-14-16(24)22-19(27)23(17(14)25)12-8-6-11(20)7-9-12/h2-10,14H,1H3,(H,22,24,27)/t14-/m0/s1. The number of rotatable bonds is 4. The summed E-state index contributed by atoms with van der Waals surface area (Å²) in [6.07, 6.45) is 1.12. The van der Waals surface area contributed by atoms with Crippen LogP contribution in [0.25, 0.3) is 0 Å². The lowest BCUT2D eigenvalue weighted by atomic mass is 10.1. The van der Waals surface area contributed by atoms with Gasteiger partial charge in [0.1, 0.15) is 0 Å². The van der Waals surface area contributed by atoms with Crippen LogP contribution in [0.15, 0.2) is 53.5 Å². The number of nitrogens with one attached hydrogen (secondary N) is 1. The van der Waals surface area contributed by atoms with Gasteiger partial charge in [-0.3, -0.25) is 19.9 Å². The quantitative estimate of drug-likeness (QED) is 0.307. The Labute approximate surface area is 173 Å². The highest BCUT2D eigenvalue weighted by atomic mass is 127. The van der Waals surface area contributed by atoms with Gasteiger partial charge < -0.3 is 4.74 Å². The maximum Gasteiger partial charge on any atom is 0.340 e. The molecule has 2 aromatic carbocycles. The van der Waals surface area contributed by atoms with Crippen molar-refractivity contribution in [2.45, 2.75) is 0 Å². The fraction of sp³-hybridized carbons (Fsp3) is 0.105. The SMILES string of the molecule is COC(=O)c1ccccc1N=C[C@H]1C(=O)NC(=O)N(c2ccc(I)cc2)C1=O. The summed E-state index contributed by atoms with van der Waals surface area (Å²) in [5.41, 5.74) is 0.770. The van der Waals surface area contributed by atoms with Crippen LogP contribution < -0.4 is 10.2 Å². The lowest BCUT2D eigenvalue weighted by Gasteiger charge is -2.28. The lowest BCUT2D eigenvalue weighted by molar-refractivity contribution is -0.131. The van der Waals surface area contributed by atoms with Crippen molar-refractivity contribution in [3.8, 4) is 0 Å². The first-order chi connectivity index (χ1) is 13.4. The Balaban J connectivity index is 1.91. The molecule has 1 saturated heterocycles. The Morgan fingerprint density at radius 2 is 1.82 bits per heavy atom. The van der Waals surface area contributed by atoms with Crippen LogP contribution in [-0.2, 0) is 14.3 Å². The van der Waals surface area contributed by atoms with Crippen molar-refractivity contribution >= 4 is 64.0 Å². The number of para-hydroxylation sites is 1. The normalized spacial score (nSPS) is 17.0. The second-order valence-corrected chi connectivity index (χ2v) is 6.95. The number of carbonyl (C=O) groups excluding carboxylic acids is 4. The molecule has 28 heavy (non-hydrogen) atoms. The number of esters is 1. The summed E-state index contributed by atoms with van der Waals surface area (Å²) in [6, 6.07) is 12.2. The Hall–Kier alpha value is -3.08. The summed E-state index contributed by atoms with van der Waals surface area (Å²) in [5.74, 6) is -3.42. The van der Waals surface area contributed by atoms with Gasteiger partial charge in [-0.2, -0.15) is 0 Å². The van der Waals surface area contributed by atoms with E-state index < -0.39 is 29.7 Å². The van der Waals surface area contributed by atoms with Gasteiger partial charge in [-0.05, 0) is 59.0 Å². The summed E-state index contributed by atoms with van der Waals surface area (Å²) in [7, 11) is 1.24. The number of hydrogen-bond donors (Lipinski definition) is 1. The number of barbiturate groups is 1. The third-order valence-electron chi connectivity index (χ3n) is 3.96. The lowest BCUT2D eigenvalue weighted by Crippen LogP contribution is -2.58. The molecule has 3 rings (SSSR count). The molecular weight excluding hydrogens is 477 g/mol. The molecule has 0 aliphatic carbocycles. The molecule has 1 fully saturated rings. The number of halogens is 1. The number of carbonyl (C=O) groups is 4. The van der Waals surface area contributed by atoms with Gasteiger partial charge in [-0.25, -0.2) is 14.5 Å². The Morgan fingerprint density at radius 1 is 1.14 bits per heavy atom. The van der Waals surface area contributed by atoms with Gasteiger partial charge in [0.2, 0.25) is 5.91 Å². The fourth-order valence-corrected chi connectivity index (χ4v) is 2.94. The first-order valence-electron chi connectivity index (χ1n) is 8.08. The molecule has 8 nitrogen and oxygen atoms in total. The smallest absolute Gasteiger partial charge is 0.340 e. The second-order valence-electron chi connectivity index (χ2n) is 5.71. The molecular formula is C19H14IN3O5. The first-order valence-corrected chi connectivity index (χ1v) is 9.16. The molecule has 1 N–H and O–H groups in total. The van der Waals surface area contributed by atoms with Crippen LogP contribution in [0.4, 0.5) is 16.2 Å². The van der Waals surface area contributed by atoms with Crippen LogP contribution in [0.5, 0.6) is 0 Å². The number of aliphatic imine (C=N–C) groups is 1. The van der Waals surface area contributed by atoms with E-state index >= 15 is 0 Å². The van der Waals surface area contributed by atoms with Gasteiger partial charge in [0, 0.05) is 9.78 Å². The molecule has 1 heterocycles. The van der Waals surface area contributed by atoms with E-state index in [-0.39, 0.29) is 11.3 Å². The minimum Gasteiger partial charge on any atom is -0.465 e. The van der Waals surface area contributed by atoms with Gasteiger partial charge in [0.25, 0.3) is 5.91 Å². The van der Waals surface area contributed by atoms with Crippen molar-refractivity contribution in [1.29, 1.82) is 0 Å². The maximum atomic E-state index is 12.8. The molecule has 4 amide bonds. The van der Waals surface area contributed by atoms with Gasteiger partial charge in [-0.15, -0.1) is 0 Å². The minimum atomic E-state index is -1.32. The molecule has 1 atom stereocenters. The number of nitrogens with zero attached hydrogens (tertiary/aromatic N) is 2. The summed E-state index contributed by atoms with van der Waals surface area (Å²) in [5, 5.41) is 2.15. The molecule has 142 valence electrons. The number of amides is 4. The zero-order valence-corrected chi connectivity index (χ0v) is 16.7. The van der Waals surface area contributed by atoms with E-state index in [1.54, 1.807) is 42.5 Å². The van der Waals surface area contributed by atoms with Gasteiger partial charge >= 0.3 is 12.0 Å². The molecule has 0 bridgehead atoms. The maximum absolute atomic E-state index is 12.8. The monoisotopic (exact) mass is 491 g/mol. The largest absolute Gasteiger partial charge is 0.465 e. The van der Waals surface area contributed by atoms with Crippen molar-refractivity contribution in [3.05, 3.63) is 57.7 Å². The highest BCUT2D eigenvalue weighted by molar-refractivity contribution is 14.1. The molecule has 0 aromatic heterocycles. The van der Waals surface area contributed by atoms with E-state index in [4.69, 9.17) is 4.74 Å². The van der Waals surface area contributed by atoms with Gasteiger partial charge in [0.05, 0.1) is 24.0 Å². The van der Waals surface area contributed by atoms with E-state index in [1.165, 1.54) is 13.2 Å². The van der Waals surface area contributed by atoms with E-state index in [2.05, 4.69) is 32.9 Å². The van der Waals surface area contributed by atoms with Crippen molar-refractivity contribution in [3.63, 3.8) is 0 Å². The number of ether oxygens (including phenoxy) is 1. The molecule has 0 saturated carbocycles. The summed E-state index contributed by atoms with van der Waals surface area (Å²) in [4.78, 5) is 54.0. The van der Waals surface area contributed by atoms with E-state index in [1.807, 2.05) is 0 Å². The van der Waals surface area contributed by atoms with E-state index in [0.29, 0.717) is 5.69 Å². The highest BCUT2D eigenvalue weighted by Crippen LogP contribution is 2.23. The average molecular weight is 491 g/mol. The molecule has 2 aromatic rings. The number of imide groups is 2. The van der Waals surface area contributed by atoms with E-state index in [9.17, 15) is 19.2 Å². The minimum absolute atomic E-state index is 0.190. The van der Waals surface area contributed by atoms with Gasteiger partial charge in [-0.1, -0.05) is 12.1 Å². The first kappa shape index (κ1) is 19.7. The van der Waals surface area contributed by atoms with Crippen LogP contribution in [0.2, 0.25) is 0 Å². The molecule has 0 spiro atoms. The zero-order chi connectivity index (χ0) is 20.3. The number of methoxy groups -OCH3 is 1. The Morgan fingerprint density at radius 3 is 2.50 bits per heavy atom. The topological polar surface area (TPSA) is 105 Å². The van der Waals surface area contributed by atoms with Crippen LogP contribution in [0.1, 0.15) is 10.4 Å².